The van der Waals surface area contributed by atoms with E-state index in [1.165, 1.54) is 0 Å². The van der Waals surface area contributed by atoms with E-state index >= 15 is 0 Å². The lowest BCUT2D eigenvalue weighted by molar-refractivity contribution is 0.666. The maximum absolute atomic E-state index is 13.1. The molecule has 2 N–H and O–H groups in total. The molecule has 0 aliphatic heterocycles. The van der Waals surface area contributed by atoms with Crippen LogP contribution >= 0.6 is 0 Å². The Morgan fingerprint density at radius 1 is 0.708 bits per heavy atom. The molecular formula is C20H20N2O2. The zero-order chi connectivity index (χ0) is 16.3. The number of aryl methyl sites for hydroxylation is 2. The van der Waals surface area contributed by atoms with Crippen LogP contribution in [-0.4, -0.2) is 9.97 Å². The van der Waals surface area contributed by atoms with E-state index in [2.05, 4.69) is 9.97 Å². The Bertz CT molecular complexity index is 1100. The van der Waals surface area contributed by atoms with E-state index in [0.29, 0.717) is 10.8 Å². The van der Waals surface area contributed by atoms with Gasteiger partial charge in [0, 0.05) is 27.9 Å². The standard InChI is InChI=1S/C20H20N2O2/c23-19-11-5-1-4-8-15(11)22-18-13(19)9-10-16-17(18)20(24)12-6-2-3-7-14(12)21-16/h9-10H,1-8H2,(H,21,24)(H,22,23). The number of benzene rings is 1. The summed E-state index contributed by atoms with van der Waals surface area (Å²) in [7, 11) is 0. The molecule has 5 rings (SSSR count). The van der Waals surface area contributed by atoms with Crippen molar-refractivity contribution >= 4 is 21.8 Å². The molecule has 0 saturated heterocycles. The van der Waals surface area contributed by atoms with Crippen LogP contribution in [0, 0.1) is 0 Å². The molecule has 122 valence electrons. The Labute approximate surface area is 138 Å². The predicted molar refractivity (Wildman–Crippen MR) is 96.0 cm³/mol. The van der Waals surface area contributed by atoms with Gasteiger partial charge in [0.15, 0.2) is 10.9 Å². The van der Waals surface area contributed by atoms with Gasteiger partial charge in [0.25, 0.3) is 0 Å². The summed E-state index contributed by atoms with van der Waals surface area (Å²) in [6.07, 6.45) is 7.91. The number of fused-ring (bicyclic) bond motifs is 5. The first-order valence-electron chi connectivity index (χ1n) is 8.98. The summed E-state index contributed by atoms with van der Waals surface area (Å²) < 4.78 is 0. The SMILES string of the molecule is O=c1c2c([nH]c3c1ccc1[nH]c4c(c(=O)c13)CCCC4)CCCC2. The summed E-state index contributed by atoms with van der Waals surface area (Å²) in [4.78, 5) is 32.9. The van der Waals surface area contributed by atoms with E-state index in [1.807, 2.05) is 12.1 Å². The lowest BCUT2D eigenvalue weighted by atomic mass is 9.91. The molecule has 1 aromatic carbocycles. The Balaban J connectivity index is 1.95. The van der Waals surface area contributed by atoms with E-state index in [1.54, 1.807) is 0 Å². The van der Waals surface area contributed by atoms with Crippen molar-refractivity contribution in [2.45, 2.75) is 51.4 Å². The molecule has 0 unspecified atom stereocenters. The lowest BCUT2D eigenvalue weighted by Crippen LogP contribution is -2.22. The fraction of sp³-hybridized carbons (Fsp3) is 0.400. The summed E-state index contributed by atoms with van der Waals surface area (Å²) in [5.74, 6) is 0. The van der Waals surface area contributed by atoms with Crippen molar-refractivity contribution in [2.75, 3.05) is 0 Å². The highest BCUT2D eigenvalue weighted by Gasteiger charge is 2.20. The van der Waals surface area contributed by atoms with Crippen LogP contribution in [0.5, 0.6) is 0 Å². The van der Waals surface area contributed by atoms with Gasteiger partial charge < -0.3 is 9.97 Å². The Morgan fingerprint density at radius 2 is 1.33 bits per heavy atom. The molecule has 0 amide bonds. The minimum Gasteiger partial charge on any atom is -0.358 e. The molecule has 0 radical (unpaired) electrons. The molecule has 0 fully saturated rings. The van der Waals surface area contributed by atoms with Crippen molar-refractivity contribution < 1.29 is 0 Å². The van der Waals surface area contributed by atoms with Gasteiger partial charge >= 0.3 is 0 Å². The Hall–Kier alpha value is -2.36. The van der Waals surface area contributed by atoms with Gasteiger partial charge in [-0.3, -0.25) is 9.59 Å². The van der Waals surface area contributed by atoms with Crippen LogP contribution in [0.1, 0.15) is 48.2 Å². The topological polar surface area (TPSA) is 65.7 Å². The summed E-state index contributed by atoms with van der Waals surface area (Å²) in [5, 5.41) is 1.32. The van der Waals surface area contributed by atoms with Crippen molar-refractivity contribution in [3.8, 4) is 0 Å². The maximum atomic E-state index is 13.1. The second-order valence-electron chi connectivity index (χ2n) is 7.15. The molecule has 0 atom stereocenters. The Morgan fingerprint density at radius 3 is 2.08 bits per heavy atom. The van der Waals surface area contributed by atoms with Gasteiger partial charge in [-0.25, -0.2) is 0 Å². The van der Waals surface area contributed by atoms with Gasteiger partial charge in [0.05, 0.1) is 16.4 Å². The molecule has 0 saturated carbocycles. The van der Waals surface area contributed by atoms with Crippen LogP contribution in [0.2, 0.25) is 0 Å². The largest absolute Gasteiger partial charge is 0.358 e. The molecule has 2 heterocycles. The first-order chi connectivity index (χ1) is 11.7. The molecule has 24 heavy (non-hydrogen) atoms. The predicted octanol–water partition coefficient (Wildman–Crippen LogP) is 3.13. The van der Waals surface area contributed by atoms with Gasteiger partial charge in [0.2, 0.25) is 0 Å². The first-order valence-corrected chi connectivity index (χ1v) is 8.98. The normalized spacial score (nSPS) is 17.0. The highest BCUT2D eigenvalue weighted by atomic mass is 16.1. The van der Waals surface area contributed by atoms with E-state index in [-0.39, 0.29) is 10.9 Å². The monoisotopic (exact) mass is 320 g/mol. The van der Waals surface area contributed by atoms with Gasteiger partial charge in [0.1, 0.15) is 0 Å². The average molecular weight is 320 g/mol. The molecule has 0 spiro atoms. The third-order valence-corrected chi connectivity index (χ3v) is 5.72. The molecular weight excluding hydrogens is 300 g/mol. The average Bonchev–Trinajstić information content (AvgIpc) is 2.62. The first kappa shape index (κ1) is 14.0. The molecule has 2 aliphatic rings. The van der Waals surface area contributed by atoms with Gasteiger partial charge in [-0.2, -0.15) is 0 Å². The van der Waals surface area contributed by atoms with Gasteiger partial charge in [-0.1, -0.05) is 0 Å². The van der Waals surface area contributed by atoms with Crippen LogP contribution in [0.4, 0.5) is 0 Å². The van der Waals surface area contributed by atoms with Crippen molar-refractivity contribution in [3.63, 3.8) is 0 Å². The quantitative estimate of drug-likeness (QED) is 0.625. The van der Waals surface area contributed by atoms with Crippen LogP contribution in [0.25, 0.3) is 21.8 Å². The number of rotatable bonds is 0. The highest BCUT2D eigenvalue weighted by Crippen LogP contribution is 2.26. The minimum atomic E-state index is 0.107. The van der Waals surface area contributed by atoms with Crippen LogP contribution in [0.15, 0.2) is 21.7 Å². The van der Waals surface area contributed by atoms with E-state index in [4.69, 9.17) is 0 Å². The second-order valence-corrected chi connectivity index (χ2v) is 7.15. The summed E-state index contributed by atoms with van der Waals surface area (Å²) in [6, 6.07) is 3.77. The van der Waals surface area contributed by atoms with Crippen molar-refractivity contribution in [2.24, 2.45) is 0 Å². The minimum absolute atomic E-state index is 0.107. The zero-order valence-electron chi connectivity index (χ0n) is 13.6. The van der Waals surface area contributed by atoms with Crippen molar-refractivity contribution in [1.29, 1.82) is 0 Å². The number of hydrogen-bond donors (Lipinski definition) is 2. The van der Waals surface area contributed by atoms with Crippen LogP contribution in [0.3, 0.4) is 0 Å². The number of H-pyrrole nitrogens is 2. The summed E-state index contributed by atoms with van der Waals surface area (Å²) in [6.45, 7) is 0. The number of pyridine rings is 2. The molecule has 2 aliphatic carbocycles. The fourth-order valence-electron chi connectivity index (χ4n) is 4.48. The highest BCUT2D eigenvalue weighted by molar-refractivity contribution is 6.04. The maximum Gasteiger partial charge on any atom is 0.194 e. The van der Waals surface area contributed by atoms with E-state index < -0.39 is 0 Å². The third-order valence-electron chi connectivity index (χ3n) is 5.72. The number of aromatic nitrogens is 2. The summed E-state index contributed by atoms with van der Waals surface area (Å²) in [5.41, 5.74) is 5.74. The van der Waals surface area contributed by atoms with Gasteiger partial charge in [-0.15, -0.1) is 0 Å². The van der Waals surface area contributed by atoms with E-state index in [9.17, 15) is 9.59 Å². The molecule has 3 aromatic rings. The fourth-order valence-corrected chi connectivity index (χ4v) is 4.48. The van der Waals surface area contributed by atoms with Crippen molar-refractivity contribution in [1.82, 2.24) is 9.97 Å². The van der Waals surface area contributed by atoms with Crippen molar-refractivity contribution in [3.05, 3.63) is 55.1 Å². The lowest BCUT2D eigenvalue weighted by Gasteiger charge is -2.19. The van der Waals surface area contributed by atoms with Gasteiger partial charge in [-0.05, 0) is 63.5 Å². The number of nitrogens with one attached hydrogen (secondary N) is 2. The Kier molecular flexibility index (Phi) is 2.96. The smallest absolute Gasteiger partial charge is 0.194 e. The van der Waals surface area contributed by atoms with E-state index in [0.717, 1.165) is 84.9 Å². The van der Waals surface area contributed by atoms with Crippen LogP contribution in [-0.2, 0) is 25.7 Å². The molecule has 0 bridgehead atoms. The molecule has 4 heteroatoms. The zero-order valence-corrected chi connectivity index (χ0v) is 13.6. The molecule has 4 nitrogen and oxygen atoms in total. The number of aromatic amines is 2. The summed E-state index contributed by atoms with van der Waals surface area (Å²) >= 11 is 0. The third kappa shape index (κ3) is 1.86. The molecule has 2 aromatic heterocycles. The number of hydrogen-bond acceptors (Lipinski definition) is 2. The second kappa shape index (κ2) is 5.07. The van der Waals surface area contributed by atoms with Crippen LogP contribution < -0.4 is 10.9 Å².